The van der Waals surface area contributed by atoms with Gasteiger partial charge in [-0.3, -0.25) is 4.90 Å². The molecule has 0 spiro atoms. The van der Waals surface area contributed by atoms with Crippen molar-refractivity contribution < 1.29 is 18.4 Å². The van der Waals surface area contributed by atoms with E-state index >= 15 is 0 Å². The predicted octanol–water partition coefficient (Wildman–Crippen LogP) is 4.13. The maximum atomic E-state index is 13.2. The van der Waals surface area contributed by atoms with Gasteiger partial charge in [-0.1, -0.05) is 17.3 Å². The van der Waals surface area contributed by atoms with Gasteiger partial charge in [0.05, 0.1) is 6.54 Å². The van der Waals surface area contributed by atoms with Crippen LogP contribution in [0, 0.1) is 5.82 Å². The molecule has 0 radical (unpaired) electrons. The summed E-state index contributed by atoms with van der Waals surface area (Å²) >= 11 is 0. The Labute approximate surface area is 170 Å². The number of nitrogens with zero attached hydrogens (tertiary/aromatic N) is 3. The fourth-order valence-corrected chi connectivity index (χ4v) is 2.94. The molecule has 1 N–H and O–H groups in total. The first-order chi connectivity index (χ1) is 13.5. The topological polar surface area (TPSA) is 80.5 Å². The van der Waals surface area contributed by atoms with Crippen LogP contribution < -0.4 is 5.32 Å². The molecule has 2 aromatic rings. The number of amides is 1. The quantitative estimate of drug-likeness (QED) is 0.747. The molecule has 0 unspecified atom stereocenters. The molecule has 158 valence electrons. The van der Waals surface area contributed by atoms with Crippen molar-refractivity contribution in [3.63, 3.8) is 0 Å². The number of halogens is 1. The van der Waals surface area contributed by atoms with Crippen LogP contribution in [0.1, 0.15) is 64.7 Å². The minimum Gasteiger partial charge on any atom is -0.444 e. The molecule has 1 fully saturated rings. The van der Waals surface area contributed by atoms with E-state index in [2.05, 4.69) is 20.4 Å². The van der Waals surface area contributed by atoms with E-state index in [4.69, 9.17) is 9.26 Å². The summed E-state index contributed by atoms with van der Waals surface area (Å²) in [5, 5.41) is 6.84. The predicted molar refractivity (Wildman–Crippen MR) is 105 cm³/mol. The van der Waals surface area contributed by atoms with Crippen molar-refractivity contribution in [3.05, 3.63) is 47.4 Å². The fourth-order valence-electron chi connectivity index (χ4n) is 2.94. The molecule has 3 rings (SSSR count). The Kier molecular flexibility index (Phi) is 5.93. The molecule has 1 aliphatic rings. The molecule has 8 heteroatoms. The van der Waals surface area contributed by atoms with Gasteiger partial charge in [-0.05, 0) is 65.2 Å². The van der Waals surface area contributed by atoms with Crippen molar-refractivity contribution in [2.75, 3.05) is 0 Å². The Morgan fingerprint density at radius 1 is 1.21 bits per heavy atom. The third kappa shape index (κ3) is 6.25. The van der Waals surface area contributed by atoms with Crippen LogP contribution >= 0.6 is 0 Å². The molecular weight excluding hydrogens is 375 g/mol. The van der Waals surface area contributed by atoms with E-state index in [1.165, 1.54) is 12.1 Å². The smallest absolute Gasteiger partial charge is 0.408 e. The second kappa shape index (κ2) is 8.10. The largest absolute Gasteiger partial charge is 0.444 e. The summed E-state index contributed by atoms with van der Waals surface area (Å²) in [6, 6.07) is 6.98. The molecule has 1 aromatic carbocycles. The van der Waals surface area contributed by atoms with Crippen LogP contribution in [-0.2, 0) is 23.4 Å². The first-order valence-electron chi connectivity index (χ1n) is 9.84. The van der Waals surface area contributed by atoms with Crippen LogP contribution in [0.15, 0.2) is 28.8 Å². The summed E-state index contributed by atoms with van der Waals surface area (Å²) in [5.74, 6) is 0.622. The third-order valence-corrected chi connectivity index (χ3v) is 4.54. The molecule has 0 atom stereocenters. The van der Waals surface area contributed by atoms with Crippen LogP contribution in [0.25, 0.3) is 0 Å². The SMILES string of the molecule is CC(C)(C)OC(=O)NC(C)(C)c1noc(CN(Cc2ccc(F)cc2)C2CC2)n1. The summed E-state index contributed by atoms with van der Waals surface area (Å²) < 4.78 is 23.9. The van der Waals surface area contributed by atoms with E-state index in [0.29, 0.717) is 30.8 Å². The summed E-state index contributed by atoms with van der Waals surface area (Å²) in [5.41, 5.74) is -0.399. The lowest BCUT2D eigenvalue weighted by atomic mass is 10.1. The highest BCUT2D eigenvalue weighted by atomic mass is 19.1. The normalized spacial score (nSPS) is 14.9. The maximum absolute atomic E-state index is 13.2. The highest BCUT2D eigenvalue weighted by Crippen LogP contribution is 2.30. The van der Waals surface area contributed by atoms with E-state index in [-0.39, 0.29) is 5.82 Å². The van der Waals surface area contributed by atoms with Gasteiger partial charge in [0.25, 0.3) is 0 Å². The molecule has 0 saturated heterocycles. The lowest BCUT2D eigenvalue weighted by Crippen LogP contribution is -2.44. The Morgan fingerprint density at radius 2 is 1.86 bits per heavy atom. The number of hydrogen-bond acceptors (Lipinski definition) is 6. The minimum atomic E-state index is -0.842. The minimum absolute atomic E-state index is 0.243. The number of alkyl carbamates (subject to hydrolysis) is 1. The number of benzene rings is 1. The number of carbonyl (C=O) groups excluding carboxylic acids is 1. The summed E-state index contributed by atoms with van der Waals surface area (Å²) in [4.78, 5) is 18.8. The van der Waals surface area contributed by atoms with E-state index < -0.39 is 17.2 Å². The van der Waals surface area contributed by atoms with Gasteiger partial charge in [-0.2, -0.15) is 4.98 Å². The summed E-state index contributed by atoms with van der Waals surface area (Å²) in [7, 11) is 0. The van der Waals surface area contributed by atoms with Gasteiger partial charge in [0.1, 0.15) is 17.0 Å². The number of ether oxygens (including phenoxy) is 1. The molecule has 0 aliphatic heterocycles. The van der Waals surface area contributed by atoms with Crippen molar-refractivity contribution in [1.82, 2.24) is 20.4 Å². The second-order valence-electron chi connectivity index (χ2n) is 9.03. The van der Waals surface area contributed by atoms with E-state index in [1.54, 1.807) is 46.8 Å². The number of hydrogen-bond donors (Lipinski definition) is 1. The van der Waals surface area contributed by atoms with Crippen molar-refractivity contribution >= 4 is 6.09 Å². The Balaban J connectivity index is 1.64. The third-order valence-electron chi connectivity index (χ3n) is 4.54. The van der Waals surface area contributed by atoms with Crippen LogP contribution in [0.5, 0.6) is 0 Å². The summed E-state index contributed by atoms with van der Waals surface area (Å²) in [6.45, 7) is 10.2. The van der Waals surface area contributed by atoms with E-state index in [0.717, 1.165) is 18.4 Å². The molecule has 1 amide bonds. The van der Waals surface area contributed by atoms with Gasteiger partial charge in [0, 0.05) is 12.6 Å². The van der Waals surface area contributed by atoms with Gasteiger partial charge in [-0.15, -0.1) is 0 Å². The number of carbonyl (C=O) groups is 1. The molecule has 0 bridgehead atoms. The van der Waals surface area contributed by atoms with Gasteiger partial charge < -0.3 is 14.6 Å². The van der Waals surface area contributed by atoms with E-state index in [9.17, 15) is 9.18 Å². The standard InChI is InChI=1S/C21H29FN4O3/c1-20(2,3)28-19(27)24-21(4,5)18-23-17(29-25-18)13-26(16-10-11-16)12-14-6-8-15(22)9-7-14/h6-9,16H,10-13H2,1-5H3,(H,24,27). The van der Waals surface area contributed by atoms with Crippen LogP contribution in [-0.4, -0.2) is 32.8 Å². The zero-order chi connectivity index (χ0) is 21.2. The van der Waals surface area contributed by atoms with Gasteiger partial charge >= 0.3 is 6.09 Å². The van der Waals surface area contributed by atoms with Crippen LogP contribution in [0.4, 0.5) is 9.18 Å². The average molecular weight is 404 g/mol. The lowest BCUT2D eigenvalue weighted by molar-refractivity contribution is 0.0465. The second-order valence-corrected chi connectivity index (χ2v) is 9.03. The molecule has 1 heterocycles. The molecule has 1 aromatic heterocycles. The zero-order valence-electron chi connectivity index (χ0n) is 17.7. The van der Waals surface area contributed by atoms with Crippen molar-refractivity contribution in [3.8, 4) is 0 Å². The van der Waals surface area contributed by atoms with Gasteiger partial charge in [-0.25, -0.2) is 9.18 Å². The molecule has 29 heavy (non-hydrogen) atoms. The Hall–Kier alpha value is -2.48. The molecule has 7 nitrogen and oxygen atoms in total. The molecule has 1 aliphatic carbocycles. The Bertz CT molecular complexity index is 838. The van der Waals surface area contributed by atoms with Crippen molar-refractivity contribution in [2.24, 2.45) is 0 Å². The van der Waals surface area contributed by atoms with Gasteiger partial charge in [0.2, 0.25) is 5.89 Å². The number of rotatable bonds is 7. The lowest BCUT2D eigenvalue weighted by Gasteiger charge is -2.26. The van der Waals surface area contributed by atoms with Gasteiger partial charge in [0.15, 0.2) is 5.82 Å². The maximum Gasteiger partial charge on any atom is 0.408 e. The fraction of sp³-hybridized carbons (Fsp3) is 0.571. The average Bonchev–Trinajstić information content (AvgIpc) is 3.32. The monoisotopic (exact) mass is 404 g/mol. The van der Waals surface area contributed by atoms with Crippen LogP contribution in [0.3, 0.4) is 0 Å². The summed E-state index contributed by atoms with van der Waals surface area (Å²) in [6.07, 6.45) is 1.70. The van der Waals surface area contributed by atoms with Crippen molar-refractivity contribution in [1.29, 1.82) is 0 Å². The van der Waals surface area contributed by atoms with Crippen LogP contribution in [0.2, 0.25) is 0 Å². The zero-order valence-corrected chi connectivity index (χ0v) is 17.7. The van der Waals surface area contributed by atoms with Crippen molar-refractivity contribution in [2.45, 2.75) is 77.7 Å². The number of nitrogens with one attached hydrogen (secondary N) is 1. The highest BCUT2D eigenvalue weighted by Gasteiger charge is 2.33. The first-order valence-corrected chi connectivity index (χ1v) is 9.84. The Morgan fingerprint density at radius 3 is 2.45 bits per heavy atom. The number of aromatic nitrogens is 2. The van der Waals surface area contributed by atoms with E-state index in [1.807, 2.05) is 0 Å². The first kappa shape index (κ1) is 21.2. The molecular formula is C21H29FN4O3. The molecule has 1 saturated carbocycles. The highest BCUT2D eigenvalue weighted by molar-refractivity contribution is 5.68.